The molecule has 6 rings (SSSR count). The van der Waals surface area contributed by atoms with Crippen molar-refractivity contribution >= 4 is 22.9 Å². The Kier molecular flexibility index (Phi) is 4.71. The van der Waals surface area contributed by atoms with Crippen molar-refractivity contribution in [3.8, 4) is 5.75 Å². The molecular formula is C23H30N4O4. The molecule has 2 aromatic rings. The summed E-state index contributed by atoms with van der Waals surface area (Å²) < 4.78 is 8.59. The maximum absolute atomic E-state index is 13.6. The third-order valence-electron chi connectivity index (χ3n) is 7.34. The van der Waals surface area contributed by atoms with E-state index in [4.69, 9.17) is 4.74 Å². The zero-order valence-corrected chi connectivity index (χ0v) is 18.4. The summed E-state index contributed by atoms with van der Waals surface area (Å²) in [6.07, 6.45) is 9.16. The van der Waals surface area contributed by atoms with Crippen molar-refractivity contribution < 1.29 is 14.3 Å². The molecule has 0 atom stereocenters. The minimum atomic E-state index is -0.580. The fourth-order valence-corrected chi connectivity index (χ4v) is 6.75. The predicted octanol–water partition coefficient (Wildman–Crippen LogP) is 2.77. The van der Waals surface area contributed by atoms with Crippen LogP contribution >= 0.6 is 0 Å². The number of nitrogens with zero attached hydrogens (tertiary/aromatic N) is 3. The lowest BCUT2D eigenvalue weighted by Crippen LogP contribution is -2.60. The van der Waals surface area contributed by atoms with Crippen molar-refractivity contribution in [3.05, 3.63) is 22.1 Å². The number of aryl methyl sites for hydroxylation is 2. The van der Waals surface area contributed by atoms with Gasteiger partial charge in [-0.3, -0.25) is 19.1 Å². The third kappa shape index (κ3) is 3.36. The molecule has 0 spiro atoms. The minimum Gasteiger partial charge on any atom is -0.423 e. The number of fused-ring (bicyclic) bond motifs is 1. The van der Waals surface area contributed by atoms with Gasteiger partial charge in [0, 0.05) is 32.3 Å². The van der Waals surface area contributed by atoms with Gasteiger partial charge in [0.1, 0.15) is 5.56 Å². The molecule has 1 amide bonds. The highest BCUT2D eigenvalue weighted by molar-refractivity contribution is 6.02. The Bertz CT molecular complexity index is 1090. The first-order valence-corrected chi connectivity index (χ1v) is 11.4. The molecular weight excluding hydrogens is 396 g/mol. The summed E-state index contributed by atoms with van der Waals surface area (Å²) in [7, 11) is 1.74. The molecule has 4 aliphatic carbocycles. The normalized spacial score (nSPS) is 28.8. The molecule has 31 heavy (non-hydrogen) atoms. The predicted molar refractivity (Wildman–Crippen MR) is 115 cm³/mol. The number of amides is 1. The van der Waals surface area contributed by atoms with E-state index < -0.39 is 17.4 Å². The van der Waals surface area contributed by atoms with Gasteiger partial charge in [-0.05, 0) is 62.7 Å². The maximum Gasteiger partial charge on any atom is 0.308 e. The van der Waals surface area contributed by atoms with Gasteiger partial charge in [-0.15, -0.1) is 0 Å². The summed E-state index contributed by atoms with van der Waals surface area (Å²) in [6, 6.07) is 0. The molecule has 4 fully saturated rings. The second kappa shape index (κ2) is 7.21. The van der Waals surface area contributed by atoms with Crippen molar-refractivity contribution in [2.24, 2.45) is 24.8 Å². The minimum absolute atomic E-state index is 0.0253. The lowest BCUT2D eigenvalue weighted by atomic mass is 9.53. The lowest BCUT2D eigenvalue weighted by Gasteiger charge is -2.56. The molecule has 166 valence electrons. The lowest BCUT2D eigenvalue weighted by molar-refractivity contribution is -0.131. The van der Waals surface area contributed by atoms with Crippen molar-refractivity contribution in [2.45, 2.75) is 70.9 Å². The number of pyridine rings is 1. The van der Waals surface area contributed by atoms with Gasteiger partial charge >= 0.3 is 5.97 Å². The molecule has 0 radical (unpaired) electrons. The number of aromatic nitrogens is 3. The second-order valence-electron chi connectivity index (χ2n) is 9.94. The van der Waals surface area contributed by atoms with Crippen LogP contribution in [-0.2, 0) is 18.4 Å². The summed E-state index contributed by atoms with van der Waals surface area (Å²) in [5, 5.41) is 7.68. The Balaban J connectivity index is 1.61. The van der Waals surface area contributed by atoms with Crippen LogP contribution in [0.2, 0.25) is 0 Å². The van der Waals surface area contributed by atoms with Crippen molar-refractivity contribution in [1.29, 1.82) is 0 Å². The van der Waals surface area contributed by atoms with E-state index >= 15 is 0 Å². The van der Waals surface area contributed by atoms with E-state index in [-0.39, 0.29) is 16.9 Å². The van der Waals surface area contributed by atoms with Gasteiger partial charge in [-0.2, -0.15) is 5.10 Å². The van der Waals surface area contributed by atoms with Gasteiger partial charge in [-0.25, -0.2) is 0 Å². The van der Waals surface area contributed by atoms with Crippen LogP contribution in [0.4, 0.5) is 0 Å². The molecule has 8 heteroatoms. The largest absolute Gasteiger partial charge is 0.423 e. The highest BCUT2D eigenvalue weighted by atomic mass is 16.5. The fourth-order valence-electron chi connectivity index (χ4n) is 6.75. The van der Waals surface area contributed by atoms with Crippen LogP contribution < -0.4 is 15.6 Å². The number of carbonyl (C=O) groups excluding carboxylic acids is 2. The summed E-state index contributed by atoms with van der Waals surface area (Å²) in [5.74, 6) is 0.935. The van der Waals surface area contributed by atoms with Gasteiger partial charge in [0.25, 0.3) is 11.5 Å². The number of hydrogen-bond acceptors (Lipinski definition) is 5. The zero-order chi connectivity index (χ0) is 21.9. The number of ether oxygens (including phenoxy) is 1. The van der Waals surface area contributed by atoms with E-state index in [0.29, 0.717) is 35.3 Å². The maximum atomic E-state index is 13.6. The van der Waals surface area contributed by atoms with E-state index in [1.54, 1.807) is 22.5 Å². The van der Waals surface area contributed by atoms with Crippen LogP contribution in [0.25, 0.3) is 11.0 Å². The van der Waals surface area contributed by atoms with Crippen LogP contribution in [0.5, 0.6) is 5.75 Å². The number of hydrogen-bond donors (Lipinski definition) is 1. The Morgan fingerprint density at radius 3 is 2.35 bits per heavy atom. The van der Waals surface area contributed by atoms with E-state index in [1.807, 2.05) is 6.92 Å². The first-order chi connectivity index (χ1) is 14.8. The summed E-state index contributed by atoms with van der Waals surface area (Å²) >= 11 is 0. The zero-order valence-electron chi connectivity index (χ0n) is 18.4. The highest BCUT2D eigenvalue weighted by Gasteiger charge is 2.52. The SMILES string of the molecule is CCCn1c(=O)c(C(=O)NC23CC4CC(CC(C4)C2)C3)c(OC(C)=O)c2nn(C)cc21. The Morgan fingerprint density at radius 1 is 1.19 bits per heavy atom. The van der Waals surface area contributed by atoms with Crippen LogP contribution in [0, 0.1) is 17.8 Å². The van der Waals surface area contributed by atoms with E-state index in [2.05, 4.69) is 10.4 Å². The number of nitrogens with one attached hydrogen (secondary N) is 1. The van der Waals surface area contributed by atoms with Gasteiger partial charge in [-0.1, -0.05) is 6.92 Å². The summed E-state index contributed by atoms with van der Waals surface area (Å²) in [4.78, 5) is 39.0. The van der Waals surface area contributed by atoms with E-state index in [0.717, 1.165) is 25.7 Å². The molecule has 1 N–H and O–H groups in total. The fraction of sp³-hybridized carbons (Fsp3) is 0.652. The van der Waals surface area contributed by atoms with Crippen molar-refractivity contribution in [2.75, 3.05) is 0 Å². The van der Waals surface area contributed by atoms with Crippen LogP contribution in [0.1, 0.15) is 69.2 Å². The molecule has 4 saturated carbocycles. The first kappa shape index (κ1) is 20.3. The van der Waals surface area contributed by atoms with Gasteiger partial charge in [0.15, 0.2) is 11.3 Å². The molecule has 4 bridgehead atoms. The molecule has 4 aliphatic rings. The van der Waals surface area contributed by atoms with Gasteiger partial charge in [0.05, 0.1) is 5.52 Å². The Hall–Kier alpha value is -2.64. The van der Waals surface area contributed by atoms with E-state index in [1.165, 1.54) is 26.2 Å². The molecule has 0 saturated heterocycles. The molecule has 0 aliphatic heterocycles. The molecule has 2 heterocycles. The average Bonchev–Trinajstić information content (AvgIpc) is 3.04. The number of esters is 1. The molecule has 0 unspecified atom stereocenters. The molecule has 2 aromatic heterocycles. The Labute approximate surface area is 180 Å². The van der Waals surface area contributed by atoms with Crippen LogP contribution in [0.3, 0.4) is 0 Å². The molecule has 8 nitrogen and oxygen atoms in total. The second-order valence-corrected chi connectivity index (χ2v) is 9.94. The monoisotopic (exact) mass is 426 g/mol. The number of rotatable bonds is 5. The quantitative estimate of drug-likeness (QED) is 0.742. The highest BCUT2D eigenvalue weighted by Crippen LogP contribution is 2.55. The standard InChI is InChI=1S/C23H30N4O4/c1-4-5-27-17-12-26(3)25-19(17)20(31-13(2)28)18(22(27)30)21(29)24-23-9-14-6-15(10-23)8-16(7-14)11-23/h12,14-16H,4-11H2,1-3H3,(H,24,29). The van der Waals surface area contributed by atoms with Crippen LogP contribution in [-0.4, -0.2) is 31.8 Å². The van der Waals surface area contributed by atoms with E-state index in [9.17, 15) is 14.4 Å². The average molecular weight is 427 g/mol. The van der Waals surface area contributed by atoms with Gasteiger partial charge < -0.3 is 14.6 Å². The number of carbonyl (C=O) groups is 2. The van der Waals surface area contributed by atoms with Crippen molar-refractivity contribution in [1.82, 2.24) is 19.7 Å². The Morgan fingerprint density at radius 2 is 1.81 bits per heavy atom. The van der Waals surface area contributed by atoms with Crippen LogP contribution in [0.15, 0.2) is 11.0 Å². The topological polar surface area (TPSA) is 95.2 Å². The summed E-state index contributed by atoms with van der Waals surface area (Å²) in [5.41, 5.74) is 0.144. The third-order valence-corrected chi connectivity index (χ3v) is 7.34. The molecule has 0 aromatic carbocycles. The van der Waals surface area contributed by atoms with Crippen molar-refractivity contribution in [3.63, 3.8) is 0 Å². The first-order valence-electron chi connectivity index (χ1n) is 11.4. The van der Waals surface area contributed by atoms with Gasteiger partial charge in [0.2, 0.25) is 0 Å². The smallest absolute Gasteiger partial charge is 0.308 e. The summed E-state index contributed by atoms with van der Waals surface area (Å²) in [6.45, 7) is 3.70.